The summed E-state index contributed by atoms with van der Waals surface area (Å²) < 4.78 is 14.5. The molecule has 0 spiro atoms. The molecule has 0 radical (unpaired) electrons. The maximum atomic E-state index is 13.9. The molecule has 3 aromatic rings. The SMILES string of the molecule is CC(Sc1ccc(NC(=O)c2cccs2)cc1)C(=O)Nc1ccc(Br)cc1F. The fraction of sp³-hybridized carbons (Fsp3) is 0.100. The molecule has 1 heterocycles. The van der Waals surface area contributed by atoms with Crippen molar-refractivity contribution in [2.75, 3.05) is 10.6 Å². The zero-order chi connectivity index (χ0) is 20.1. The molecule has 8 heteroatoms. The van der Waals surface area contributed by atoms with E-state index in [1.54, 1.807) is 31.2 Å². The number of carbonyl (C=O) groups is 2. The predicted molar refractivity (Wildman–Crippen MR) is 117 cm³/mol. The lowest BCUT2D eigenvalue weighted by atomic mass is 10.3. The quantitative estimate of drug-likeness (QED) is 0.425. The van der Waals surface area contributed by atoms with Crippen LogP contribution in [-0.4, -0.2) is 17.1 Å². The first kappa shape index (κ1) is 20.6. The van der Waals surface area contributed by atoms with Gasteiger partial charge in [-0.25, -0.2) is 4.39 Å². The molecule has 144 valence electrons. The molecule has 2 N–H and O–H groups in total. The number of nitrogens with one attached hydrogen (secondary N) is 2. The zero-order valence-corrected chi connectivity index (χ0v) is 18.0. The van der Waals surface area contributed by atoms with Crippen LogP contribution in [0.4, 0.5) is 15.8 Å². The Hall–Kier alpha value is -2.16. The average molecular weight is 479 g/mol. The van der Waals surface area contributed by atoms with Gasteiger partial charge >= 0.3 is 0 Å². The van der Waals surface area contributed by atoms with E-state index in [1.165, 1.54) is 35.2 Å². The molecule has 0 saturated carbocycles. The van der Waals surface area contributed by atoms with E-state index in [-0.39, 0.29) is 17.5 Å². The van der Waals surface area contributed by atoms with E-state index >= 15 is 0 Å². The summed E-state index contributed by atoms with van der Waals surface area (Å²) in [6.45, 7) is 1.75. The average Bonchev–Trinajstić information content (AvgIpc) is 3.20. The molecule has 0 aliphatic carbocycles. The van der Waals surface area contributed by atoms with Crippen LogP contribution in [0.5, 0.6) is 0 Å². The van der Waals surface area contributed by atoms with Crippen LogP contribution in [0.3, 0.4) is 0 Å². The topological polar surface area (TPSA) is 58.2 Å². The van der Waals surface area contributed by atoms with Gasteiger partial charge in [-0.3, -0.25) is 9.59 Å². The van der Waals surface area contributed by atoms with Gasteiger partial charge in [0.2, 0.25) is 5.91 Å². The van der Waals surface area contributed by atoms with E-state index in [2.05, 4.69) is 26.6 Å². The fourth-order valence-electron chi connectivity index (χ4n) is 2.30. The number of rotatable bonds is 6. The van der Waals surface area contributed by atoms with Crippen molar-refractivity contribution in [3.8, 4) is 0 Å². The van der Waals surface area contributed by atoms with Crippen LogP contribution < -0.4 is 10.6 Å². The van der Waals surface area contributed by atoms with Gasteiger partial charge < -0.3 is 10.6 Å². The van der Waals surface area contributed by atoms with Crippen LogP contribution in [0.15, 0.2) is 69.3 Å². The third-order valence-corrected chi connectivity index (χ3v) is 6.20. The zero-order valence-electron chi connectivity index (χ0n) is 14.7. The highest BCUT2D eigenvalue weighted by Gasteiger charge is 2.16. The minimum absolute atomic E-state index is 0.146. The minimum Gasteiger partial charge on any atom is -0.323 e. The van der Waals surface area contributed by atoms with Gasteiger partial charge in [0, 0.05) is 15.1 Å². The van der Waals surface area contributed by atoms with Crippen molar-refractivity contribution >= 4 is 62.2 Å². The molecule has 0 aliphatic rings. The van der Waals surface area contributed by atoms with Gasteiger partial charge in [0.05, 0.1) is 15.8 Å². The Labute approximate surface area is 178 Å². The number of halogens is 2. The Kier molecular flexibility index (Phi) is 6.88. The van der Waals surface area contributed by atoms with Crippen LogP contribution in [0.2, 0.25) is 0 Å². The molecule has 1 atom stereocenters. The minimum atomic E-state index is -0.495. The smallest absolute Gasteiger partial charge is 0.265 e. The Bertz CT molecular complexity index is 978. The molecular weight excluding hydrogens is 463 g/mol. The van der Waals surface area contributed by atoms with Crippen LogP contribution in [0, 0.1) is 5.82 Å². The van der Waals surface area contributed by atoms with Crippen LogP contribution >= 0.6 is 39.0 Å². The largest absolute Gasteiger partial charge is 0.323 e. The number of carbonyl (C=O) groups excluding carboxylic acids is 2. The van der Waals surface area contributed by atoms with E-state index in [9.17, 15) is 14.0 Å². The summed E-state index contributed by atoms with van der Waals surface area (Å²) >= 11 is 5.91. The fourth-order valence-corrected chi connectivity index (χ4v) is 4.12. The maximum absolute atomic E-state index is 13.9. The predicted octanol–water partition coefficient (Wildman–Crippen LogP) is 6.02. The Morgan fingerprint density at radius 2 is 1.86 bits per heavy atom. The first-order chi connectivity index (χ1) is 13.4. The summed E-state index contributed by atoms with van der Waals surface area (Å²) in [4.78, 5) is 25.9. The van der Waals surface area contributed by atoms with Gasteiger partial charge in [0.1, 0.15) is 5.82 Å². The molecule has 1 aromatic heterocycles. The van der Waals surface area contributed by atoms with E-state index in [1.807, 2.05) is 23.6 Å². The lowest BCUT2D eigenvalue weighted by molar-refractivity contribution is -0.115. The van der Waals surface area contributed by atoms with Gasteiger partial charge in [0.15, 0.2) is 0 Å². The monoisotopic (exact) mass is 478 g/mol. The summed E-state index contributed by atoms with van der Waals surface area (Å²) in [5, 5.41) is 6.85. The van der Waals surface area contributed by atoms with Gasteiger partial charge in [-0.05, 0) is 60.8 Å². The van der Waals surface area contributed by atoms with E-state index in [0.717, 1.165) is 4.90 Å². The van der Waals surface area contributed by atoms with Gasteiger partial charge in [-0.15, -0.1) is 23.1 Å². The second-order valence-corrected chi connectivity index (χ2v) is 9.11. The number of anilines is 2. The van der Waals surface area contributed by atoms with Crippen molar-refractivity contribution in [2.45, 2.75) is 17.1 Å². The number of thioether (sulfide) groups is 1. The third kappa shape index (κ3) is 5.43. The highest BCUT2D eigenvalue weighted by atomic mass is 79.9. The number of hydrogen-bond donors (Lipinski definition) is 2. The summed E-state index contributed by atoms with van der Waals surface area (Å²) in [5.41, 5.74) is 0.823. The van der Waals surface area contributed by atoms with Crippen molar-refractivity contribution in [1.82, 2.24) is 0 Å². The molecule has 0 saturated heterocycles. The first-order valence-electron chi connectivity index (χ1n) is 8.30. The third-order valence-electron chi connectivity index (χ3n) is 3.73. The van der Waals surface area contributed by atoms with Gasteiger partial charge in [0.25, 0.3) is 5.91 Å². The lowest BCUT2D eigenvalue weighted by Crippen LogP contribution is -2.22. The van der Waals surface area contributed by atoms with Crippen molar-refractivity contribution in [3.05, 3.63) is 75.1 Å². The number of hydrogen-bond acceptors (Lipinski definition) is 4. The van der Waals surface area contributed by atoms with Gasteiger partial charge in [-0.1, -0.05) is 22.0 Å². The highest BCUT2D eigenvalue weighted by Crippen LogP contribution is 2.27. The Morgan fingerprint density at radius 3 is 2.50 bits per heavy atom. The highest BCUT2D eigenvalue weighted by molar-refractivity contribution is 9.10. The second-order valence-electron chi connectivity index (χ2n) is 5.83. The molecule has 4 nitrogen and oxygen atoms in total. The molecule has 0 fully saturated rings. The normalized spacial score (nSPS) is 11.7. The number of amides is 2. The van der Waals surface area contributed by atoms with E-state index in [4.69, 9.17) is 0 Å². The van der Waals surface area contributed by atoms with E-state index in [0.29, 0.717) is 15.0 Å². The molecule has 3 rings (SSSR count). The second kappa shape index (κ2) is 9.36. The van der Waals surface area contributed by atoms with Crippen LogP contribution in [-0.2, 0) is 4.79 Å². The molecule has 28 heavy (non-hydrogen) atoms. The molecule has 2 aromatic carbocycles. The standard InChI is InChI=1S/C20H16BrFN2O2S2/c1-12(19(25)24-17-9-4-13(21)11-16(17)22)28-15-7-5-14(6-8-15)23-20(26)18-3-2-10-27-18/h2-12H,1H3,(H,23,26)(H,24,25). The van der Waals surface area contributed by atoms with Crippen LogP contribution in [0.1, 0.15) is 16.6 Å². The summed E-state index contributed by atoms with van der Waals surface area (Å²) in [7, 11) is 0. The van der Waals surface area contributed by atoms with E-state index < -0.39 is 11.1 Å². The molecule has 1 unspecified atom stereocenters. The summed E-state index contributed by atoms with van der Waals surface area (Å²) in [6.07, 6.45) is 0. The summed E-state index contributed by atoms with van der Waals surface area (Å²) in [5.74, 6) is -0.938. The Balaban J connectivity index is 1.57. The molecular formula is C20H16BrFN2O2S2. The van der Waals surface area contributed by atoms with Crippen molar-refractivity contribution < 1.29 is 14.0 Å². The van der Waals surface area contributed by atoms with Crippen molar-refractivity contribution in [2.24, 2.45) is 0 Å². The summed E-state index contributed by atoms with van der Waals surface area (Å²) in [6, 6.07) is 15.3. The van der Waals surface area contributed by atoms with Crippen LogP contribution in [0.25, 0.3) is 0 Å². The van der Waals surface area contributed by atoms with Gasteiger partial charge in [-0.2, -0.15) is 0 Å². The molecule has 0 bridgehead atoms. The number of benzene rings is 2. The first-order valence-corrected chi connectivity index (χ1v) is 10.8. The molecule has 2 amide bonds. The van der Waals surface area contributed by atoms with Crippen molar-refractivity contribution in [3.63, 3.8) is 0 Å². The Morgan fingerprint density at radius 1 is 1.11 bits per heavy atom. The number of thiophene rings is 1. The lowest BCUT2D eigenvalue weighted by Gasteiger charge is -2.13. The van der Waals surface area contributed by atoms with Crippen molar-refractivity contribution in [1.29, 1.82) is 0 Å². The molecule has 0 aliphatic heterocycles. The maximum Gasteiger partial charge on any atom is 0.265 e.